The number of nitrogens with one attached hydrogen (secondary N) is 2. The molecule has 2 heterocycles. The molecule has 0 fully saturated rings. The molecule has 0 aliphatic rings. The molecule has 2 N–H and O–H groups in total. The maximum atomic E-state index is 13.2. The third-order valence-electron chi connectivity index (χ3n) is 3.04. The number of aromatic amines is 1. The summed E-state index contributed by atoms with van der Waals surface area (Å²) in [7, 11) is 0. The summed E-state index contributed by atoms with van der Waals surface area (Å²) < 4.78 is 31.2. The van der Waals surface area contributed by atoms with E-state index in [2.05, 4.69) is 20.4 Å². The van der Waals surface area contributed by atoms with Gasteiger partial charge in [0, 0.05) is 18.2 Å². The van der Waals surface area contributed by atoms with Crippen molar-refractivity contribution in [3.05, 3.63) is 35.6 Å². The lowest BCUT2D eigenvalue weighted by atomic mass is 10.3. The fourth-order valence-electron chi connectivity index (χ4n) is 1.91. The Hall–Kier alpha value is -2.42. The second-order valence-electron chi connectivity index (χ2n) is 4.90. The summed E-state index contributed by atoms with van der Waals surface area (Å²) in [5.41, 5.74) is 0.664. The van der Waals surface area contributed by atoms with Crippen LogP contribution in [-0.2, 0) is 4.79 Å². The number of imidazole rings is 1. The first-order valence-electron chi connectivity index (χ1n) is 6.68. The molecule has 0 saturated heterocycles. The van der Waals surface area contributed by atoms with Gasteiger partial charge in [-0.05, 0) is 13.8 Å². The summed E-state index contributed by atoms with van der Waals surface area (Å²) in [6.07, 6.45) is 0. The third-order valence-corrected chi connectivity index (χ3v) is 4.02. The summed E-state index contributed by atoms with van der Waals surface area (Å²) in [6.45, 7) is 3.40. The van der Waals surface area contributed by atoms with E-state index in [9.17, 15) is 13.6 Å². The molecular formula is C14H12F2N4O2S. The fraction of sp³-hybridized carbons (Fsp3) is 0.214. The highest BCUT2D eigenvalue weighted by atomic mass is 32.2. The third kappa shape index (κ3) is 3.34. The first kappa shape index (κ1) is 15.5. The van der Waals surface area contributed by atoms with Crippen LogP contribution in [0.15, 0.2) is 27.9 Å². The van der Waals surface area contributed by atoms with Crippen LogP contribution in [0.2, 0.25) is 0 Å². The standard InChI is InChI=1S/C14H12F2N4O2S/c1-6-3-12(20-22-6)19-13(21)7(2)23-14-17-10-4-8(15)9(16)5-11(10)18-14/h3-5,7H,1-2H3,(H,17,18)(H,19,20,21). The van der Waals surface area contributed by atoms with Crippen LogP contribution in [0.3, 0.4) is 0 Å². The Morgan fingerprint density at radius 3 is 2.78 bits per heavy atom. The van der Waals surface area contributed by atoms with Crippen molar-refractivity contribution in [1.29, 1.82) is 0 Å². The lowest BCUT2D eigenvalue weighted by molar-refractivity contribution is -0.115. The van der Waals surface area contributed by atoms with E-state index in [1.165, 1.54) is 0 Å². The molecule has 0 aliphatic heterocycles. The zero-order chi connectivity index (χ0) is 16.6. The van der Waals surface area contributed by atoms with Crippen molar-refractivity contribution in [2.45, 2.75) is 24.3 Å². The van der Waals surface area contributed by atoms with Crippen LogP contribution in [0.4, 0.5) is 14.6 Å². The van der Waals surface area contributed by atoms with E-state index in [0.717, 1.165) is 23.9 Å². The number of aromatic nitrogens is 3. The smallest absolute Gasteiger partial charge is 0.238 e. The van der Waals surface area contributed by atoms with Gasteiger partial charge in [-0.15, -0.1) is 0 Å². The van der Waals surface area contributed by atoms with Gasteiger partial charge in [0.15, 0.2) is 22.6 Å². The molecule has 0 aliphatic carbocycles. The Labute approximate surface area is 133 Å². The maximum absolute atomic E-state index is 13.2. The minimum atomic E-state index is -0.965. The van der Waals surface area contributed by atoms with E-state index in [1.54, 1.807) is 19.9 Å². The number of thioether (sulfide) groups is 1. The van der Waals surface area contributed by atoms with Crippen LogP contribution >= 0.6 is 11.8 Å². The van der Waals surface area contributed by atoms with Gasteiger partial charge in [-0.2, -0.15) is 0 Å². The number of benzene rings is 1. The monoisotopic (exact) mass is 338 g/mol. The Kier molecular flexibility index (Phi) is 4.03. The van der Waals surface area contributed by atoms with Crippen LogP contribution in [0.25, 0.3) is 11.0 Å². The average molecular weight is 338 g/mol. The average Bonchev–Trinajstić information content (AvgIpc) is 3.05. The van der Waals surface area contributed by atoms with E-state index in [-0.39, 0.29) is 5.91 Å². The van der Waals surface area contributed by atoms with Crippen LogP contribution in [-0.4, -0.2) is 26.3 Å². The number of halogens is 2. The molecule has 1 atom stereocenters. The molecule has 23 heavy (non-hydrogen) atoms. The number of carbonyl (C=O) groups is 1. The number of hydrogen-bond donors (Lipinski definition) is 2. The maximum Gasteiger partial charge on any atom is 0.238 e. The summed E-state index contributed by atoms with van der Waals surface area (Å²) >= 11 is 1.13. The predicted octanol–water partition coefficient (Wildman–Crippen LogP) is 3.26. The molecule has 3 aromatic rings. The van der Waals surface area contributed by atoms with Gasteiger partial charge >= 0.3 is 0 Å². The van der Waals surface area contributed by atoms with Crippen LogP contribution in [0.5, 0.6) is 0 Å². The Morgan fingerprint density at radius 1 is 1.35 bits per heavy atom. The van der Waals surface area contributed by atoms with Crippen molar-refractivity contribution < 1.29 is 18.1 Å². The van der Waals surface area contributed by atoms with Gasteiger partial charge in [0.2, 0.25) is 5.91 Å². The lowest BCUT2D eigenvalue weighted by Crippen LogP contribution is -2.22. The number of fused-ring (bicyclic) bond motifs is 1. The molecule has 2 aromatic heterocycles. The topological polar surface area (TPSA) is 83.8 Å². The van der Waals surface area contributed by atoms with Gasteiger partial charge in [-0.25, -0.2) is 13.8 Å². The van der Waals surface area contributed by atoms with E-state index >= 15 is 0 Å². The molecule has 120 valence electrons. The van der Waals surface area contributed by atoms with Crippen molar-refractivity contribution in [2.75, 3.05) is 5.32 Å². The first-order valence-corrected chi connectivity index (χ1v) is 7.56. The number of amides is 1. The molecule has 1 unspecified atom stereocenters. The molecule has 0 saturated carbocycles. The molecule has 0 radical (unpaired) electrons. The van der Waals surface area contributed by atoms with Gasteiger partial charge in [0.25, 0.3) is 0 Å². The number of carbonyl (C=O) groups excluding carboxylic acids is 1. The summed E-state index contributed by atoms with van der Waals surface area (Å²) in [4.78, 5) is 19.1. The van der Waals surface area contributed by atoms with Crippen LogP contribution in [0, 0.1) is 18.6 Å². The molecule has 1 amide bonds. The van der Waals surface area contributed by atoms with Crippen molar-refractivity contribution >= 4 is 34.5 Å². The number of hydrogen-bond acceptors (Lipinski definition) is 5. The fourth-order valence-corrected chi connectivity index (χ4v) is 2.73. The Balaban J connectivity index is 1.71. The SMILES string of the molecule is Cc1cc(NC(=O)C(C)Sc2nc3cc(F)c(F)cc3[nH]2)no1. The summed E-state index contributed by atoms with van der Waals surface area (Å²) in [5.74, 6) is -1.30. The second kappa shape index (κ2) is 5.99. The molecule has 3 rings (SSSR count). The molecule has 9 heteroatoms. The zero-order valence-corrected chi connectivity index (χ0v) is 13.0. The highest BCUT2D eigenvalue weighted by Gasteiger charge is 2.18. The van der Waals surface area contributed by atoms with Gasteiger partial charge in [0.05, 0.1) is 16.3 Å². The number of anilines is 1. The van der Waals surface area contributed by atoms with E-state index in [4.69, 9.17) is 4.52 Å². The van der Waals surface area contributed by atoms with Crippen molar-refractivity contribution in [3.8, 4) is 0 Å². The van der Waals surface area contributed by atoms with E-state index in [0.29, 0.717) is 27.8 Å². The first-order chi connectivity index (χ1) is 10.9. The van der Waals surface area contributed by atoms with Gasteiger partial charge < -0.3 is 14.8 Å². The summed E-state index contributed by atoms with van der Waals surface area (Å²) in [5, 5.41) is 6.18. The molecular weight excluding hydrogens is 326 g/mol. The van der Waals surface area contributed by atoms with Crippen molar-refractivity contribution in [2.24, 2.45) is 0 Å². The quantitative estimate of drug-likeness (QED) is 0.714. The second-order valence-corrected chi connectivity index (χ2v) is 6.23. The number of nitrogens with zero attached hydrogens (tertiary/aromatic N) is 2. The van der Waals surface area contributed by atoms with Gasteiger partial charge in [0.1, 0.15) is 5.76 Å². The Bertz CT molecular complexity index is 838. The highest BCUT2D eigenvalue weighted by molar-refractivity contribution is 8.00. The van der Waals surface area contributed by atoms with Crippen LogP contribution in [0.1, 0.15) is 12.7 Å². The molecule has 6 nitrogen and oxygen atoms in total. The van der Waals surface area contributed by atoms with Crippen molar-refractivity contribution in [1.82, 2.24) is 15.1 Å². The molecule has 0 spiro atoms. The van der Waals surface area contributed by atoms with E-state index < -0.39 is 16.9 Å². The van der Waals surface area contributed by atoms with Crippen molar-refractivity contribution in [3.63, 3.8) is 0 Å². The summed E-state index contributed by atoms with van der Waals surface area (Å²) in [6, 6.07) is 3.64. The minimum Gasteiger partial charge on any atom is -0.360 e. The molecule has 1 aromatic carbocycles. The van der Waals surface area contributed by atoms with Gasteiger partial charge in [-0.1, -0.05) is 16.9 Å². The normalized spacial score (nSPS) is 12.5. The lowest BCUT2D eigenvalue weighted by Gasteiger charge is -2.07. The largest absolute Gasteiger partial charge is 0.360 e. The number of H-pyrrole nitrogens is 1. The van der Waals surface area contributed by atoms with Gasteiger partial charge in [-0.3, -0.25) is 4.79 Å². The highest BCUT2D eigenvalue weighted by Crippen LogP contribution is 2.25. The molecule has 0 bridgehead atoms. The Morgan fingerprint density at radius 2 is 2.09 bits per heavy atom. The number of aryl methyl sites for hydroxylation is 1. The number of rotatable bonds is 4. The van der Waals surface area contributed by atoms with Crippen LogP contribution < -0.4 is 5.32 Å². The minimum absolute atomic E-state index is 0.291. The van der Waals surface area contributed by atoms with E-state index in [1.807, 2.05) is 0 Å². The zero-order valence-electron chi connectivity index (χ0n) is 12.2. The predicted molar refractivity (Wildman–Crippen MR) is 81.2 cm³/mol.